The van der Waals surface area contributed by atoms with Crippen molar-refractivity contribution in [2.24, 2.45) is 0 Å². The van der Waals surface area contributed by atoms with Crippen molar-refractivity contribution in [3.8, 4) is 0 Å². The number of nitrogen functional groups attached to an aromatic ring is 1. The van der Waals surface area contributed by atoms with Crippen molar-refractivity contribution >= 4 is 22.5 Å². The standard InChI is InChI=1S/C23H28F3N5O2/c1-4-5-13-6-14(23(24,25)26)7-15(12(13)3)30-16-8-17(20(33)19(16)32)31-9-11(2)18-21(27)28-10-29-22(18)31/h6-7,9-10,16-17,19-20,30,32-33H,4-5,8H2,1-3H3,(H2,27,28,29)/t16?,17?,19-,20+/m1/s1. The van der Waals surface area contributed by atoms with Crippen molar-refractivity contribution in [1.82, 2.24) is 14.5 Å². The summed E-state index contributed by atoms with van der Waals surface area (Å²) in [5, 5.41) is 25.4. The zero-order valence-corrected chi connectivity index (χ0v) is 18.7. The van der Waals surface area contributed by atoms with E-state index in [4.69, 9.17) is 5.73 Å². The first-order valence-corrected chi connectivity index (χ1v) is 10.9. The molecule has 0 saturated heterocycles. The van der Waals surface area contributed by atoms with Crippen LogP contribution >= 0.6 is 0 Å². The van der Waals surface area contributed by atoms with Gasteiger partial charge in [0.2, 0.25) is 0 Å². The highest BCUT2D eigenvalue weighted by atomic mass is 19.4. The van der Waals surface area contributed by atoms with Gasteiger partial charge in [0, 0.05) is 11.9 Å². The number of aromatic nitrogens is 3. The summed E-state index contributed by atoms with van der Waals surface area (Å²) in [4.78, 5) is 8.31. The summed E-state index contributed by atoms with van der Waals surface area (Å²) in [6.45, 7) is 5.53. The Morgan fingerprint density at radius 2 is 1.91 bits per heavy atom. The SMILES string of the molecule is CCCc1cc(C(F)(F)F)cc(NC2CC(n3cc(C)c4c(N)ncnc43)[C@H](O)[C@@H]2O)c1C. The van der Waals surface area contributed by atoms with Gasteiger partial charge in [-0.2, -0.15) is 13.2 Å². The Bertz CT molecular complexity index is 1180. The van der Waals surface area contributed by atoms with Crippen LogP contribution in [0.4, 0.5) is 24.7 Å². The van der Waals surface area contributed by atoms with E-state index >= 15 is 0 Å². The second-order valence-corrected chi connectivity index (χ2v) is 8.77. The monoisotopic (exact) mass is 463 g/mol. The van der Waals surface area contributed by atoms with E-state index < -0.39 is 36.0 Å². The normalized spacial score (nSPS) is 23.4. The molecule has 1 aliphatic rings. The molecule has 0 spiro atoms. The number of halogens is 3. The third kappa shape index (κ3) is 4.13. The number of hydrogen-bond donors (Lipinski definition) is 4. The number of benzene rings is 1. The Labute approximate surface area is 189 Å². The largest absolute Gasteiger partial charge is 0.416 e. The third-order valence-corrected chi connectivity index (χ3v) is 6.54. The minimum Gasteiger partial charge on any atom is -0.388 e. The summed E-state index contributed by atoms with van der Waals surface area (Å²) >= 11 is 0. The summed E-state index contributed by atoms with van der Waals surface area (Å²) in [7, 11) is 0. The summed E-state index contributed by atoms with van der Waals surface area (Å²) in [5.74, 6) is 0.321. The van der Waals surface area contributed by atoms with E-state index in [0.29, 0.717) is 46.5 Å². The van der Waals surface area contributed by atoms with E-state index in [0.717, 1.165) is 11.6 Å². The molecule has 33 heavy (non-hydrogen) atoms. The lowest BCUT2D eigenvalue weighted by molar-refractivity contribution is -0.137. The number of nitrogens with two attached hydrogens (primary N) is 1. The smallest absolute Gasteiger partial charge is 0.388 e. The van der Waals surface area contributed by atoms with Crippen molar-refractivity contribution in [1.29, 1.82) is 0 Å². The molecule has 2 unspecified atom stereocenters. The molecule has 0 bridgehead atoms. The first kappa shape index (κ1) is 23.3. The van der Waals surface area contributed by atoms with Crippen molar-refractivity contribution in [2.45, 2.75) is 70.5 Å². The lowest BCUT2D eigenvalue weighted by atomic mass is 9.98. The number of alkyl halides is 3. The lowest BCUT2D eigenvalue weighted by Gasteiger charge is -2.23. The lowest BCUT2D eigenvalue weighted by Crippen LogP contribution is -2.35. The van der Waals surface area contributed by atoms with Crippen LogP contribution in [0.5, 0.6) is 0 Å². The number of hydrogen-bond acceptors (Lipinski definition) is 6. The van der Waals surface area contributed by atoms with Gasteiger partial charge < -0.3 is 25.8 Å². The van der Waals surface area contributed by atoms with Gasteiger partial charge in [0.15, 0.2) is 0 Å². The molecule has 0 radical (unpaired) electrons. The maximum Gasteiger partial charge on any atom is 0.416 e. The third-order valence-electron chi connectivity index (χ3n) is 6.54. The Hall–Kier alpha value is -2.85. The molecule has 1 fully saturated rings. The summed E-state index contributed by atoms with van der Waals surface area (Å²) in [6, 6.07) is 1.07. The highest BCUT2D eigenvalue weighted by Gasteiger charge is 2.43. The predicted molar refractivity (Wildman–Crippen MR) is 120 cm³/mol. The maximum atomic E-state index is 13.5. The number of rotatable bonds is 5. The zero-order chi connectivity index (χ0) is 24.1. The van der Waals surface area contributed by atoms with E-state index in [9.17, 15) is 23.4 Å². The molecular weight excluding hydrogens is 435 g/mol. The van der Waals surface area contributed by atoms with Crippen LogP contribution in [-0.4, -0.2) is 43.0 Å². The van der Waals surface area contributed by atoms with Gasteiger partial charge in [-0.05, 0) is 55.5 Å². The molecule has 0 aliphatic heterocycles. The van der Waals surface area contributed by atoms with Crippen LogP contribution in [0.2, 0.25) is 0 Å². The number of aliphatic hydroxyl groups is 2. The molecule has 1 aliphatic carbocycles. The first-order chi connectivity index (χ1) is 15.5. The molecule has 0 amide bonds. The Morgan fingerprint density at radius 1 is 1.18 bits per heavy atom. The van der Waals surface area contributed by atoms with Crippen LogP contribution in [0.25, 0.3) is 11.0 Å². The van der Waals surface area contributed by atoms with Gasteiger partial charge in [0.05, 0.1) is 23.0 Å². The minimum absolute atomic E-state index is 0.286. The van der Waals surface area contributed by atoms with E-state index in [2.05, 4.69) is 15.3 Å². The number of aryl methyl sites for hydroxylation is 2. The first-order valence-electron chi connectivity index (χ1n) is 10.9. The van der Waals surface area contributed by atoms with Crippen molar-refractivity contribution < 1.29 is 23.4 Å². The number of fused-ring (bicyclic) bond motifs is 1. The molecule has 4 atom stereocenters. The van der Waals surface area contributed by atoms with E-state index in [1.54, 1.807) is 17.7 Å². The fourth-order valence-electron chi connectivity index (χ4n) is 4.79. The van der Waals surface area contributed by atoms with Gasteiger partial charge in [-0.15, -0.1) is 0 Å². The summed E-state index contributed by atoms with van der Waals surface area (Å²) < 4.78 is 42.3. The molecular formula is C23H28F3N5O2. The molecule has 3 aromatic rings. The molecule has 10 heteroatoms. The van der Waals surface area contributed by atoms with Gasteiger partial charge >= 0.3 is 6.18 Å². The number of nitrogens with zero attached hydrogens (tertiary/aromatic N) is 3. The minimum atomic E-state index is -4.48. The van der Waals surface area contributed by atoms with Crippen molar-refractivity contribution in [2.75, 3.05) is 11.1 Å². The van der Waals surface area contributed by atoms with Gasteiger partial charge in [-0.25, -0.2) is 9.97 Å². The molecule has 1 aromatic carbocycles. The predicted octanol–water partition coefficient (Wildman–Crippen LogP) is 3.75. The maximum absolute atomic E-state index is 13.5. The van der Waals surface area contributed by atoms with Crippen LogP contribution in [0.1, 0.15) is 48.1 Å². The zero-order valence-electron chi connectivity index (χ0n) is 18.7. The quantitative estimate of drug-likeness (QED) is 0.459. The molecule has 1 saturated carbocycles. The van der Waals surface area contributed by atoms with Crippen LogP contribution < -0.4 is 11.1 Å². The Balaban J connectivity index is 1.68. The number of anilines is 2. The summed E-state index contributed by atoms with van der Waals surface area (Å²) in [6.07, 6.45) is -2.17. The molecule has 178 valence electrons. The summed E-state index contributed by atoms with van der Waals surface area (Å²) in [5.41, 5.74) is 8.25. The van der Waals surface area contributed by atoms with Gasteiger partial charge in [0.25, 0.3) is 0 Å². The fraction of sp³-hybridized carbons (Fsp3) is 0.478. The highest BCUT2D eigenvalue weighted by Crippen LogP contribution is 2.39. The second-order valence-electron chi connectivity index (χ2n) is 8.77. The Morgan fingerprint density at radius 3 is 2.58 bits per heavy atom. The van der Waals surface area contributed by atoms with E-state index in [-0.39, 0.29) is 6.42 Å². The molecule has 4 rings (SSSR count). The van der Waals surface area contributed by atoms with Crippen LogP contribution in [0.15, 0.2) is 24.7 Å². The second kappa shape index (κ2) is 8.49. The molecule has 2 aromatic heterocycles. The highest BCUT2D eigenvalue weighted by molar-refractivity contribution is 5.89. The van der Waals surface area contributed by atoms with Gasteiger partial charge in [-0.3, -0.25) is 0 Å². The number of aliphatic hydroxyl groups excluding tert-OH is 2. The molecule has 5 N–H and O–H groups in total. The average molecular weight is 464 g/mol. The van der Waals surface area contributed by atoms with Crippen LogP contribution in [0.3, 0.4) is 0 Å². The van der Waals surface area contributed by atoms with E-state index in [1.807, 2.05) is 13.8 Å². The van der Waals surface area contributed by atoms with Gasteiger partial charge in [0.1, 0.15) is 30.0 Å². The average Bonchev–Trinajstić information content (AvgIpc) is 3.22. The topological polar surface area (TPSA) is 109 Å². The van der Waals surface area contributed by atoms with Crippen LogP contribution in [0, 0.1) is 13.8 Å². The number of nitrogens with one attached hydrogen (secondary N) is 1. The Kier molecular flexibility index (Phi) is 6.00. The molecule has 2 heterocycles. The molecule has 7 nitrogen and oxygen atoms in total. The van der Waals surface area contributed by atoms with E-state index in [1.165, 1.54) is 12.4 Å². The van der Waals surface area contributed by atoms with Crippen LogP contribution in [-0.2, 0) is 12.6 Å². The van der Waals surface area contributed by atoms with Crippen molar-refractivity contribution in [3.63, 3.8) is 0 Å². The fourth-order valence-corrected chi connectivity index (χ4v) is 4.79. The van der Waals surface area contributed by atoms with Gasteiger partial charge in [-0.1, -0.05) is 13.3 Å². The van der Waals surface area contributed by atoms with Crippen molar-refractivity contribution in [3.05, 3.63) is 46.9 Å².